The SMILES string of the molecule is CCCC(CNC(=O)c1ccc(F)cc1)(CC(C)C)C(C)C. The Kier molecular flexibility index (Phi) is 7.05. The molecule has 1 unspecified atom stereocenters. The zero-order chi connectivity index (χ0) is 16.8. The van der Waals surface area contributed by atoms with Crippen molar-refractivity contribution in [1.29, 1.82) is 0 Å². The second kappa shape index (κ2) is 8.30. The number of amides is 1. The summed E-state index contributed by atoms with van der Waals surface area (Å²) in [6, 6.07) is 5.71. The van der Waals surface area contributed by atoms with Gasteiger partial charge in [0.15, 0.2) is 0 Å². The summed E-state index contributed by atoms with van der Waals surface area (Å²) in [6.07, 6.45) is 3.31. The molecule has 1 aromatic rings. The van der Waals surface area contributed by atoms with Gasteiger partial charge in [-0.2, -0.15) is 0 Å². The van der Waals surface area contributed by atoms with Crippen LogP contribution in [0, 0.1) is 23.1 Å². The molecule has 124 valence electrons. The van der Waals surface area contributed by atoms with Gasteiger partial charge in [0.1, 0.15) is 5.82 Å². The highest BCUT2D eigenvalue weighted by Crippen LogP contribution is 2.38. The van der Waals surface area contributed by atoms with Gasteiger partial charge in [-0.15, -0.1) is 0 Å². The van der Waals surface area contributed by atoms with Crippen LogP contribution in [0.3, 0.4) is 0 Å². The molecule has 3 heteroatoms. The Morgan fingerprint density at radius 1 is 1.18 bits per heavy atom. The number of halogens is 1. The molecule has 1 amide bonds. The molecule has 0 saturated carbocycles. The first-order valence-electron chi connectivity index (χ1n) is 8.34. The van der Waals surface area contributed by atoms with Gasteiger partial charge >= 0.3 is 0 Å². The lowest BCUT2D eigenvalue weighted by Gasteiger charge is -2.39. The van der Waals surface area contributed by atoms with Crippen molar-refractivity contribution >= 4 is 5.91 Å². The van der Waals surface area contributed by atoms with Crippen LogP contribution in [0.4, 0.5) is 4.39 Å². The number of nitrogens with one attached hydrogen (secondary N) is 1. The largest absolute Gasteiger partial charge is 0.351 e. The minimum atomic E-state index is -0.320. The molecule has 0 bridgehead atoms. The molecule has 22 heavy (non-hydrogen) atoms. The average molecular weight is 307 g/mol. The number of carbonyl (C=O) groups is 1. The van der Waals surface area contributed by atoms with Crippen LogP contribution in [-0.4, -0.2) is 12.5 Å². The molecule has 0 fully saturated rings. The number of rotatable bonds is 8. The van der Waals surface area contributed by atoms with E-state index in [2.05, 4.69) is 39.9 Å². The van der Waals surface area contributed by atoms with E-state index in [0.717, 1.165) is 19.3 Å². The second-order valence-corrected chi connectivity index (χ2v) is 7.05. The lowest BCUT2D eigenvalue weighted by molar-refractivity contribution is 0.0856. The van der Waals surface area contributed by atoms with Gasteiger partial charge in [-0.05, 0) is 54.4 Å². The Morgan fingerprint density at radius 2 is 1.77 bits per heavy atom. The molecule has 0 aliphatic rings. The first kappa shape index (κ1) is 18.7. The molecule has 0 radical (unpaired) electrons. The van der Waals surface area contributed by atoms with Gasteiger partial charge in [0.05, 0.1) is 0 Å². The smallest absolute Gasteiger partial charge is 0.251 e. The topological polar surface area (TPSA) is 29.1 Å². The third-order valence-corrected chi connectivity index (χ3v) is 4.49. The summed E-state index contributed by atoms with van der Waals surface area (Å²) in [7, 11) is 0. The van der Waals surface area contributed by atoms with E-state index >= 15 is 0 Å². The maximum Gasteiger partial charge on any atom is 0.251 e. The van der Waals surface area contributed by atoms with Crippen LogP contribution in [0.15, 0.2) is 24.3 Å². The lowest BCUT2D eigenvalue weighted by Crippen LogP contribution is -2.42. The van der Waals surface area contributed by atoms with Crippen LogP contribution >= 0.6 is 0 Å². The molecule has 1 atom stereocenters. The molecule has 0 saturated heterocycles. The predicted molar refractivity (Wildman–Crippen MR) is 90.4 cm³/mol. The van der Waals surface area contributed by atoms with Crippen LogP contribution in [0.5, 0.6) is 0 Å². The van der Waals surface area contributed by atoms with Gasteiger partial charge < -0.3 is 5.32 Å². The molecule has 1 aromatic carbocycles. The van der Waals surface area contributed by atoms with Crippen LogP contribution in [0.2, 0.25) is 0 Å². The van der Waals surface area contributed by atoms with Gasteiger partial charge in [0.2, 0.25) is 0 Å². The molecule has 1 rings (SSSR count). The van der Waals surface area contributed by atoms with Crippen LogP contribution in [-0.2, 0) is 0 Å². The molecule has 0 aliphatic carbocycles. The van der Waals surface area contributed by atoms with Crippen LogP contribution < -0.4 is 5.32 Å². The molecular weight excluding hydrogens is 277 g/mol. The van der Waals surface area contributed by atoms with Gasteiger partial charge in [-0.1, -0.05) is 41.0 Å². The molecule has 0 aromatic heterocycles. The van der Waals surface area contributed by atoms with Gasteiger partial charge in [0.25, 0.3) is 5.91 Å². The number of hydrogen-bond donors (Lipinski definition) is 1. The molecular formula is C19H30FNO. The maximum atomic E-state index is 12.9. The van der Waals surface area contributed by atoms with Crippen molar-refractivity contribution < 1.29 is 9.18 Å². The minimum absolute atomic E-state index is 0.120. The fraction of sp³-hybridized carbons (Fsp3) is 0.632. The van der Waals surface area contributed by atoms with Crippen LogP contribution in [0.1, 0.15) is 64.2 Å². The van der Waals surface area contributed by atoms with E-state index in [1.165, 1.54) is 24.3 Å². The molecule has 0 spiro atoms. The highest BCUT2D eigenvalue weighted by atomic mass is 19.1. The van der Waals surface area contributed by atoms with E-state index in [1.807, 2.05) is 0 Å². The first-order valence-corrected chi connectivity index (χ1v) is 8.34. The van der Waals surface area contributed by atoms with E-state index in [1.54, 1.807) is 0 Å². The van der Waals surface area contributed by atoms with E-state index in [0.29, 0.717) is 23.9 Å². The number of carbonyl (C=O) groups excluding carboxylic acids is 1. The van der Waals surface area contributed by atoms with Crippen molar-refractivity contribution in [3.63, 3.8) is 0 Å². The summed E-state index contributed by atoms with van der Waals surface area (Å²) in [4.78, 5) is 12.3. The highest BCUT2D eigenvalue weighted by Gasteiger charge is 2.34. The Balaban J connectivity index is 2.81. The van der Waals surface area contributed by atoms with Gasteiger partial charge in [-0.25, -0.2) is 4.39 Å². The van der Waals surface area contributed by atoms with Crippen molar-refractivity contribution in [2.75, 3.05) is 6.54 Å². The van der Waals surface area contributed by atoms with Gasteiger partial charge in [0, 0.05) is 12.1 Å². The Bertz CT molecular complexity index is 467. The molecule has 1 N–H and O–H groups in total. The van der Waals surface area contributed by atoms with Crippen LogP contribution in [0.25, 0.3) is 0 Å². The van der Waals surface area contributed by atoms with E-state index in [-0.39, 0.29) is 17.1 Å². The first-order chi connectivity index (χ1) is 10.3. The van der Waals surface area contributed by atoms with E-state index < -0.39 is 0 Å². The standard InChI is InChI=1S/C19H30FNO/c1-6-11-19(15(4)5,12-14(2)3)13-21-18(22)16-7-9-17(20)10-8-16/h7-10,14-15H,6,11-13H2,1-5H3,(H,21,22). The van der Waals surface area contributed by atoms with Crippen molar-refractivity contribution in [3.8, 4) is 0 Å². The minimum Gasteiger partial charge on any atom is -0.351 e. The molecule has 0 heterocycles. The fourth-order valence-corrected chi connectivity index (χ4v) is 3.26. The van der Waals surface area contributed by atoms with Crippen molar-refractivity contribution in [2.24, 2.45) is 17.3 Å². The quantitative estimate of drug-likeness (QED) is 0.716. The monoisotopic (exact) mass is 307 g/mol. The third kappa shape index (κ3) is 5.11. The van der Waals surface area contributed by atoms with Crippen molar-refractivity contribution in [1.82, 2.24) is 5.32 Å². The highest BCUT2D eigenvalue weighted by molar-refractivity contribution is 5.94. The third-order valence-electron chi connectivity index (χ3n) is 4.49. The van der Waals surface area contributed by atoms with Crippen molar-refractivity contribution in [3.05, 3.63) is 35.6 Å². The predicted octanol–water partition coefficient (Wildman–Crippen LogP) is 5.04. The summed E-state index contributed by atoms with van der Waals surface area (Å²) in [5.41, 5.74) is 0.638. The maximum absolute atomic E-state index is 12.9. The van der Waals surface area contributed by atoms with E-state index in [4.69, 9.17) is 0 Å². The zero-order valence-electron chi connectivity index (χ0n) is 14.6. The van der Waals surface area contributed by atoms with E-state index in [9.17, 15) is 9.18 Å². The number of benzene rings is 1. The second-order valence-electron chi connectivity index (χ2n) is 7.05. The summed E-state index contributed by atoms with van der Waals surface area (Å²) >= 11 is 0. The summed E-state index contributed by atoms with van der Waals surface area (Å²) < 4.78 is 12.9. The fourth-order valence-electron chi connectivity index (χ4n) is 3.26. The normalized spacial score (nSPS) is 14.2. The Hall–Kier alpha value is -1.38. The number of hydrogen-bond acceptors (Lipinski definition) is 1. The molecule has 0 aliphatic heterocycles. The lowest BCUT2D eigenvalue weighted by atomic mass is 9.68. The summed E-state index contributed by atoms with van der Waals surface area (Å²) in [5, 5.41) is 3.07. The Morgan fingerprint density at radius 3 is 2.23 bits per heavy atom. The summed E-state index contributed by atoms with van der Waals surface area (Å²) in [6.45, 7) is 11.8. The summed E-state index contributed by atoms with van der Waals surface area (Å²) in [5.74, 6) is 0.656. The Labute approximate surface area is 134 Å². The zero-order valence-corrected chi connectivity index (χ0v) is 14.6. The average Bonchev–Trinajstić information content (AvgIpc) is 2.44. The molecule has 2 nitrogen and oxygen atoms in total. The van der Waals surface area contributed by atoms with Crippen molar-refractivity contribution in [2.45, 2.75) is 53.9 Å². The van der Waals surface area contributed by atoms with Gasteiger partial charge in [-0.3, -0.25) is 4.79 Å².